The van der Waals surface area contributed by atoms with Crippen molar-refractivity contribution >= 4 is 29.9 Å². The zero-order chi connectivity index (χ0) is 19.5. The first-order valence-corrected chi connectivity index (χ1v) is 10.6. The summed E-state index contributed by atoms with van der Waals surface area (Å²) >= 11 is 0. The van der Waals surface area contributed by atoms with Crippen LogP contribution in [0.5, 0.6) is 0 Å². The number of ether oxygens (including phenoxy) is 1. The summed E-state index contributed by atoms with van der Waals surface area (Å²) in [6, 6.07) is 0.332. The first-order valence-electron chi connectivity index (χ1n) is 10.6. The third kappa shape index (κ3) is 9.07. The Hall–Kier alpha value is -0.900. The highest BCUT2D eigenvalue weighted by atomic mass is 127. The molecule has 28 heavy (non-hydrogen) atoms. The molecule has 0 aliphatic carbocycles. The fourth-order valence-corrected chi connectivity index (χ4v) is 3.39. The lowest BCUT2D eigenvalue weighted by Gasteiger charge is -2.25. The molecule has 0 saturated carbocycles. The van der Waals surface area contributed by atoms with Gasteiger partial charge in [-0.1, -0.05) is 39.5 Å². The lowest BCUT2D eigenvalue weighted by molar-refractivity contribution is 0.177. The summed E-state index contributed by atoms with van der Waals surface area (Å²) in [5.74, 6) is 3.57. The van der Waals surface area contributed by atoms with Gasteiger partial charge >= 0.3 is 0 Å². The van der Waals surface area contributed by atoms with E-state index in [9.17, 15) is 0 Å². The minimum absolute atomic E-state index is 0. The normalized spacial score (nSPS) is 16.6. The summed E-state index contributed by atoms with van der Waals surface area (Å²) in [7, 11) is 1.67. The van der Waals surface area contributed by atoms with Gasteiger partial charge in [-0.05, 0) is 25.7 Å². The van der Waals surface area contributed by atoms with Crippen molar-refractivity contribution in [2.45, 2.75) is 84.9 Å². The zero-order valence-electron chi connectivity index (χ0n) is 18.0. The second kappa shape index (κ2) is 14.1. The van der Waals surface area contributed by atoms with Crippen molar-refractivity contribution in [1.82, 2.24) is 25.4 Å². The molecule has 1 aromatic rings. The van der Waals surface area contributed by atoms with Gasteiger partial charge in [-0.15, -0.1) is 24.0 Å². The fourth-order valence-electron chi connectivity index (χ4n) is 3.39. The number of nitrogens with zero attached hydrogens (tertiary/aromatic N) is 4. The van der Waals surface area contributed by atoms with Crippen LogP contribution < -0.4 is 10.6 Å². The van der Waals surface area contributed by atoms with E-state index >= 15 is 0 Å². The number of methoxy groups -OCH3 is 1. The number of halogens is 1. The van der Waals surface area contributed by atoms with Crippen LogP contribution in [-0.4, -0.2) is 47.0 Å². The van der Waals surface area contributed by atoms with Gasteiger partial charge in [0.15, 0.2) is 11.8 Å². The van der Waals surface area contributed by atoms with Gasteiger partial charge in [0.05, 0.1) is 6.54 Å². The maximum atomic E-state index is 5.14. The van der Waals surface area contributed by atoms with Crippen LogP contribution in [0.15, 0.2) is 4.99 Å². The van der Waals surface area contributed by atoms with E-state index in [2.05, 4.69) is 41.5 Å². The minimum Gasteiger partial charge on any atom is -0.377 e. The Balaban J connectivity index is 0.00000392. The Morgan fingerprint density at radius 2 is 2.07 bits per heavy atom. The summed E-state index contributed by atoms with van der Waals surface area (Å²) in [6.45, 7) is 9.76. The molecule has 1 atom stereocenters. The quantitative estimate of drug-likeness (QED) is 0.208. The van der Waals surface area contributed by atoms with E-state index in [4.69, 9.17) is 9.73 Å². The van der Waals surface area contributed by atoms with Gasteiger partial charge in [0.25, 0.3) is 0 Å². The van der Waals surface area contributed by atoms with Gasteiger partial charge in [0, 0.05) is 32.7 Å². The van der Waals surface area contributed by atoms with E-state index in [-0.39, 0.29) is 24.0 Å². The molecule has 0 spiro atoms. The lowest BCUT2D eigenvalue weighted by atomic mass is 10.0. The van der Waals surface area contributed by atoms with Crippen LogP contribution in [0.2, 0.25) is 0 Å². The average Bonchev–Trinajstić information content (AvgIpc) is 3.02. The molecule has 7 nitrogen and oxygen atoms in total. The number of fused-ring (bicyclic) bond motifs is 1. The zero-order valence-corrected chi connectivity index (χ0v) is 20.4. The van der Waals surface area contributed by atoms with Crippen LogP contribution in [0, 0.1) is 5.92 Å². The number of aliphatic imine (C=N–C) groups is 1. The Kier molecular flexibility index (Phi) is 12.7. The standard InChI is InChI=1S/C20H38N6O.HI/c1-5-21-20(22-13-9-7-6-8-10-16(2)3)23-17-11-12-19-24-18(15-27-4)25-26(19)14-17;/h16-17H,5-15H2,1-4H3,(H2,21,22,23);1H. The average molecular weight is 506 g/mol. The van der Waals surface area contributed by atoms with Gasteiger partial charge < -0.3 is 15.4 Å². The van der Waals surface area contributed by atoms with Crippen LogP contribution in [0.4, 0.5) is 0 Å². The van der Waals surface area contributed by atoms with E-state index in [0.717, 1.165) is 62.4 Å². The van der Waals surface area contributed by atoms with E-state index in [1.807, 2.05) is 4.68 Å². The number of aryl methyl sites for hydroxylation is 1. The predicted molar refractivity (Wildman–Crippen MR) is 125 cm³/mol. The molecule has 2 N–H and O–H groups in total. The van der Waals surface area contributed by atoms with Crippen molar-refractivity contribution in [3.05, 3.63) is 11.6 Å². The third-order valence-electron chi connectivity index (χ3n) is 4.82. The molecule has 0 saturated heterocycles. The number of hydrogen-bond donors (Lipinski definition) is 2. The van der Waals surface area contributed by atoms with E-state index in [0.29, 0.717) is 12.6 Å². The SMILES string of the molecule is CCNC(=NCCCCCCC(C)C)NC1CCc2nc(COC)nn2C1.I. The van der Waals surface area contributed by atoms with Crippen molar-refractivity contribution in [2.75, 3.05) is 20.2 Å². The van der Waals surface area contributed by atoms with Gasteiger partial charge in [-0.2, -0.15) is 5.10 Å². The van der Waals surface area contributed by atoms with Crippen LogP contribution in [0.25, 0.3) is 0 Å². The molecule has 1 aliphatic rings. The third-order valence-corrected chi connectivity index (χ3v) is 4.82. The number of nitrogens with one attached hydrogen (secondary N) is 2. The molecular formula is C20H39IN6O. The topological polar surface area (TPSA) is 76.4 Å². The molecule has 0 bridgehead atoms. The number of rotatable bonds is 11. The molecule has 1 aliphatic heterocycles. The molecule has 0 radical (unpaired) electrons. The Morgan fingerprint density at radius 3 is 2.79 bits per heavy atom. The number of hydrogen-bond acceptors (Lipinski definition) is 4. The summed E-state index contributed by atoms with van der Waals surface area (Å²) in [5.41, 5.74) is 0. The highest BCUT2D eigenvalue weighted by molar-refractivity contribution is 14.0. The van der Waals surface area contributed by atoms with Gasteiger partial charge in [-0.3, -0.25) is 4.99 Å². The molecule has 1 unspecified atom stereocenters. The van der Waals surface area contributed by atoms with Gasteiger partial charge in [-0.25, -0.2) is 9.67 Å². The Labute approximate surface area is 187 Å². The molecule has 2 rings (SSSR count). The summed E-state index contributed by atoms with van der Waals surface area (Å²) in [4.78, 5) is 9.30. The molecule has 0 fully saturated rings. The maximum absolute atomic E-state index is 5.14. The molecule has 0 aromatic carbocycles. The molecule has 2 heterocycles. The second-order valence-corrected chi connectivity index (χ2v) is 7.80. The van der Waals surface area contributed by atoms with Gasteiger partial charge in [0.1, 0.15) is 12.4 Å². The van der Waals surface area contributed by atoms with Crippen LogP contribution >= 0.6 is 24.0 Å². The monoisotopic (exact) mass is 506 g/mol. The van der Waals surface area contributed by atoms with E-state index in [1.165, 1.54) is 25.7 Å². The first-order chi connectivity index (χ1) is 13.1. The fraction of sp³-hybridized carbons (Fsp3) is 0.850. The largest absolute Gasteiger partial charge is 0.377 e. The van der Waals surface area contributed by atoms with Crippen LogP contribution in [-0.2, 0) is 24.3 Å². The molecular weight excluding hydrogens is 467 g/mol. The van der Waals surface area contributed by atoms with Crippen LogP contribution in [0.1, 0.15) is 70.9 Å². The van der Waals surface area contributed by atoms with Crippen molar-refractivity contribution in [3.8, 4) is 0 Å². The summed E-state index contributed by atoms with van der Waals surface area (Å²) in [6.07, 6.45) is 8.41. The van der Waals surface area contributed by atoms with Crippen molar-refractivity contribution < 1.29 is 4.74 Å². The molecule has 162 valence electrons. The predicted octanol–water partition coefficient (Wildman–Crippen LogP) is 3.52. The van der Waals surface area contributed by atoms with Crippen LogP contribution in [0.3, 0.4) is 0 Å². The Morgan fingerprint density at radius 1 is 1.29 bits per heavy atom. The highest BCUT2D eigenvalue weighted by Crippen LogP contribution is 2.13. The maximum Gasteiger partial charge on any atom is 0.191 e. The van der Waals surface area contributed by atoms with Crippen molar-refractivity contribution in [2.24, 2.45) is 10.9 Å². The van der Waals surface area contributed by atoms with E-state index in [1.54, 1.807) is 7.11 Å². The minimum atomic E-state index is 0. The van der Waals surface area contributed by atoms with Crippen molar-refractivity contribution in [1.29, 1.82) is 0 Å². The highest BCUT2D eigenvalue weighted by Gasteiger charge is 2.22. The van der Waals surface area contributed by atoms with Gasteiger partial charge in [0.2, 0.25) is 0 Å². The number of guanidine groups is 1. The summed E-state index contributed by atoms with van der Waals surface area (Å²) in [5, 5.41) is 11.5. The summed E-state index contributed by atoms with van der Waals surface area (Å²) < 4.78 is 7.14. The first kappa shape index (κ1) is 25.1. The van der Waals surface area contributed by atoms with Crippen molar-refractivity contribution in [3.63, 3.8) is 0 Å². The second-order valence-electron chi connectivity index (χ2n) is 7.80. The molecule has 0 amide bonds. The molecule has 1 aromatic heterocycles. The smallest absolute Gasteiger partial charge is 0.191 e. The van der Waals surface area contributed by atoms with E-state index < -0.39 is 0 Å². The Bertz CT molecular complexity index is 575. The molecule has 8 heteroatoms. The number of aromatic nitrogens is 3. The lowest BCUT2D eigenvalue weighted by Crippen LogP contribution is -2.47. The number of unbranched alkanes of at least 4 members (excludes halogenated alkanes) is 3.